The molecule has 5 rings (SSSR count). The minimum absolute atomic E-state index is 0.0527. The number of benzene rings is 2. The number of hydrogen-bond acceptors (Lipinski definition) is 5. The van der Waals surface area contributed by atoms with Crippen molar-refractivity contribution in [2.24, 2.45) is 0 Å². The van der Waals surface area contributed by atoms with Gasteiger partial charge in [0.15, 0.2) is 0 Å². The van der Waals surface area contributed by atoms with E-state index in [2.05, 4.69) is 57.6 Å². The zero-order chi connectivity index (χ0) is 29.0. The van der Waals surface area contributed by atoms with E-state index in [0.29, 0.717) is 5.69 Å². The predicted molar refractivity (Wildman–Crippen MR) is 145 cm³/mol. The Balaban J connectivity index is 0.000000470. The molecule has 1 aromatic heterocycles. The molecule has 1 aliphatic heterocycles. The number of carboxylic acid groups (broad SMARTS) is 1. The number of halogens is 3. The Hall–Kier alpha value is -4.06. The maximum absolute atomic E-state index is 12.8. The highest BCUT2D eigenvalue weighted by atomic mass is 19.4. The third-order valence-electron chi connectivity index (χ3n) is 7.12. The van der Waals surface area contributed by atoms with E-state index in [1.165, 1.54) is 22.2 Å². The maximum atomic E-state index is 12.8. The molecule has 0 saturated carbocycles. The van der Waals surface area contributed by atoms with Gasteiger partial charge in [-0.05, 0) is 63.1 Å². The van der Waals surface area contributed by atoms with Crippen LogP contribution in [0.25, 0.3) is 10.9 Å². The lowest BCUT2D eigenvalue weighted by molar-refractivity contribution is -0.192. The first-order valence-corrected chi connectivity index (χ1v) is 13.0. The number of H-pyrrole nitrogens is 1. The number of para-hydroxylation sites is 2. The summed E-state index contributed by atoms with van der Waals surface area (Å²) in [5.41, 5.74) is 6.49. The second-order valence-electron chi connectivity index (χ2n) is 10.1. The average Bonchev–Trinajstić information content (AvgIpc) is 3.26. The van der Waals surface area contributed by atoms with E-state index >= 15 is 0 Å². The molecule has 4 N–H and O–H groups in total. The fraction of sp³-hybridized carbons (Fsp3) is 0.393. The van der Waals surface area contributed by atoms with Gasteiger partial charge in [0.2, 0.25) is 0 Å². The number of nitrogens with one attached hydrogen (secondary N) is 3. The number of fused-ring (bicyclic) bond motifs is 3. The van der Waals surface area contributed by atoms with Crippen molar-refractivity contribution < 1.29 is 32.7 Å². The molecule has 0 bridgehead atoms. The van der Waals surface area contributed by atoms with Crippen molar-refractivity contribution in [1.82, 2.24) is 15.2 Å². The standard InChI is InChI=1S/C26H31N5O2.C2HF3O2/c1-17-7-9-21-19(15-17)20-16-18(8-10-22(20)28-21)27-25(32)26(33)29-23-5-3-4-6-24(23)31-13-11-30(2)12-14-31;3-2(4,5)1(6)7/h3-7,9,15,18,28H,8,10-14,16H2,1-2H3,(H,27,32)(H,29,33);(H,6,7). The molecule has 1 saturated heterocycles. The summed E-state index contributed by atoms with van der Waals surface area (Å²) in [4.78, 5) is 42.5. The summed E-state index contributed by atoms with van der Waals surface area (Å²) in [6.07, 6.45) is -2.67. The van der Waals surface area contributed by atoms with Gasteiger partial charge in [-0.15, -0.1) is 0 Å². The van der Waals surface area contributed by atoms with Gasteiger partial charge in [-0.3, -0.25) is 9.59 Å². The lowest BCUT2D eigenvalue weighted by atomic mass is 9.91. The molecule has 9 nitrogen and oxygen atoms in total. The van der Waals surface area contributed by atoms with Crippen LogP contribution in [0.4, 0.5) is 24.5 Å². The highest BCUT2D eigenvalue weighted by molar-refractivity contribution is 6.40. The number of aromatic nitrogens is 1. The van der Waals surface area contributed by atoms with E-state index in [1.54, 1.807) is 0 Å². The Morgan fingerprint density at radius 3 is 2.38 bits per heavy atom. The van der Waals surface area contributed by atoms with Crippen molar-refractivity contribution in [2.75, 3.05) is 43.4 Å². The predicted octanol–water partition coefficient (Wildman–Crippen LogP) is 3.47. The Bertz CT molecular complexity index is 1400. The van der Waals surface area contributed by atoms with Crippen LogP contribution >= 0.6 is 0 Å². The van der Waals surface area contributed by atoms with E-state index in [4.69, 9.17) is 9.90 Å². The summed E-state index contributed by atoms with van der Waals surface area (Å²) in [5.74, 6) is -3.95. The molecular formula is C28H32F3N5O4. The van der Waals surface area contributed by atoms with E-state index in [-0.39, 0.29) is 6.04 Å². The fourth-order valence-corrected chi connectivity index (χ4v) is 4.99. The molecule has 0 radical (unpaired) electrons. The molecule has 0 spiro atoms. The minimum atomic E-state index is -5.08. The van der Waals surface area contributed by atoms with Crippen molar-refractivity contribution in [3.05, 3.63) is 59.3 Å². The van der Waals surface area contributed by atoms with Gasteiger partial charge < -0.3 is 30.5 Å². The molecule has 2 aromatic carbocycles. The lowest BCUT2D eigenvalue weighted by Crippen LogP contribution is -2.45. The van der Waals surface area contributed by atoms with Crippen molar-refractivity contribution in [2.45, 2.75) is 38.4 Å². The van der Waals surface area contributed by atoms with Gasteiger partial charge in [-0.2, -0.15) is 13.2 Å². The van der Waals surface area contributed by atoms with Crippen LogP contribution in [0, 0.1) is 6.92 Å². The van der Waals surface area contributed by atoms with Crippen LogP contribution in [0.15, 0.2) is 42.5 Å². The zero-order valence-electron chi connectivity index (χ0n) is 22.3. The van der Waals surface area contributed by atoms with Crippen LogP contribution in [0.3, 0.4) is 0 Å². The van der Waals surface area contributed by atoms with Crippen LogP contribution in [-0.4, -0.2) is 78.2 Å². The molecular weight excluding hydrogens is 527 g/mol. The monoisotopic (exact) mass is 559 g/mol. The summed E-state index contributed by atoms with van der Waals surface area (Å²) in [7, 11) is 2.11. The number of anilines is 2. The van der Waals surface area contributed by atoms with E-state index in [9.17, 15) is 22.8 Å². The first-order valence-electron chi connectivity index (χ1n) is 13.0. The quantitative estimate of drug-likeness (QED) is 0.365. The SMILES string of the molecule is Cc1ccc2[nH]c3c(c2c1)CC(NC(=O)C(=O)Nc1ccccc1N1CCN(C)CC1)CC3.O=C(O)C(F)(F)F. The highest BCUT2D eigenvalue weighted by Gasteiger charge is 2.38. The second kappa shape index (κ2) is 12.0. The number of hydrogen-bond donors (Lipinski definition) is 4. The second-order valence-corrected chi connectivity index (χ2v) is 10.1. The number of likely N-dealkylation sites (N-methyl/N-ethyl adjacent to an activating group) is 1. The molecule has 1 unspecified atom stereocenters. The minimum Gasteiger partial charge on any atom is -0.475 e. The van der Waals surface area contributed by atoms with Crippen LogP contribution in [0.2, 0.25) is 0 Å². The number of amides is 2. The van der Waals surface area contributed by atoms with Crippen molar-refractivity contribution >= 4 is 40.1 Å². The van der Waals surface area contributed by atoms with Gasteiger partial charge in [0.1, 0.15) is 0 Å². The summed E-state index contributed by atoms with van der Waals surface area (Å²) in [6.45, 7) is 5.82. The summed E-state index contributed by atoms with van der Waals surface area (Å²) in [6, 6.07) is 14.1. The Labute approximate surface area is 229 Å². The number of aliphatic carboxylic acids is 1. The Morgan fingerprint density at radius 1 is 1.02 bits per heavy atom. The van der Waals surface area contributed by atoms with Crippen molar-refractivity contribution in [3.8, 4) is 0 Å². The van der Waals surface area contributed by atoms with Gasteiger partial charge in [0.25, 0.3) is 0 Å². The summed E-state index contributed by atoms with van der Waals surface area (Å²) >= 11 is 0. The number of piperazine rings is 1. The van der Waals surface area contributed by atoms with Crippen LogP contribution in [0.5, 0.6) is 0 Å². The first kappa shape index (κ1) is 28.9. The van der Waals surface area contributed by atoms with E-state index in [1.807, 2.05) is 24.3 Å². The number of alkyl halides is 3. The van der Waals surface area contributed by atoms with Gasteiger partial charge >= 0.3 is 24.0 Å². The van der Waals surface area contributed by atoms with Gasteiger partial charge in [0.05, 0.1) is 11.4 Å². The Morgan fingerprint density at radius 2 is 1.70 bits per heavy atom. The molecule has 40 heavy (non-hydrogen) atoms. The van der Waals surface area contributed by atoms with Gasteiger partial charge in [0, 0.05) is 48.8 Å². The fourth-order valence-electron chi connectivity index (χ4n) is 4.99. The Kier molecular flexibility index (Phi) is 8.67. The number of carbonyl (C=O) groups excluding carboxylic acids is 2. The zero-order valence-corrected chi connectivity index (χ0v) is 22.3. The van der Waals surface area contributed by atoms with Crippen molar-refractivity contribution in [1.29, 1.82) is 0 Å². The molecule has 1 fully saturated rings. The van der Waals surface area contributed by atoms with E-state index < -0.39 is 24.0 Å². The number of nitrogens with zero attached hydrogens (tertiary/aromatic N) is 2. The molecule has 1 aliphatic carbocycles. The molecule has 214 valence electrons. The maximum Gasteiger partial charge on any atom is 0.490 e. The number of rotatable bonds is 3. The molecule has 2 amide bonds. The first-order chi connectivity index (χ1) is 18.9. The summed E-state index contributed by atoms with van der Waals surface area (Å²) < 4.78 is 31.7. The topological polar surface area (TPSA) is 118 Å². The molecule has 2 heterocycles. The molecule has 1 atom stereocenters. The van der Waals surface area contributed by atoms with Crippen LogP contribution in [-0.2, 0) is 27.2 Å². The normalized spacial score (nSPS) is 17.4. The number of carbonyl (C=O) groups is 3. The van der Waals surface area contributed by atoms with Crippen LogP contribution < -0.4 is 15.5 Å². The molecule has 3 aromatic rings. The molecule has 2 aliphatic rings. The van der Waals surface area contributed by atoms with E-state index in [0.717, 1.165) is 56.6 Å². The third kappa shape index (κ3) is 6.92. The number of aryl methyl sites for hydroxylation is 2. The van der Waals surface area contributed by atoms with Gasteiger partial charge in [-0.1, -0.05) is 23.8 Å². The summed E-state index contributed by atoms with van der Waals surface area (Å²) in [5, 5.41) is 14.2. The molecule has 12 heteroatoms. The highest BCUT2D eigenvalue weighted by Crippen LogP contribution is 2.30. The van der Waals surface area contributed by atoms with Crippen LogP contribution in [0.1, 0.15) is 23.2 Å². The number of aromatic amines is 1. The smallest absolute Gasteiger partial charge is 0.475 e. The van der Waals surface area contributed by atoms with Gasteiger partial charge in [-0.25, -0.2) is 4.79 Å². The number of carboxylic acids is 1. The average molecular weight is 560 g/mol. The third-order valence-corrected chi connectivity index (χ3v) is 7.12. The van der Waals surface area contributed by atoms with Crippen molar-refractivity contribution in [3.63, 3.8) is 0 Å². The largest absolute Gasteiger partial charge is 0.490 e. The lowest BCUT2D eigenvalue weighted by Gasteiger charge is -2.35.